The minimum atomic E-state index is -0.545. The summed E-state index contributed by atoms with van der Waals surface area (Å²) in [7, 11) is 0. The van der Waals surface area contributed by atoms with Crippen LogP contribution in [0.3, 0.4) is 0 Å². The number of hydrogen-bond donors (Lipinski definition) is 0. The van der Waals surface area contributed by atoms with Gasteiger partial charge in [-0.1, -0.05) is 35.3 Å². The first-order chi connectivity index (χ1) is 13.5. The Balaban J connectivity index is 1.42. The molecule has 0 aliphatic carbocycles. The number of ether oxygens (including phenoxy) is 1. The molecule has 2 heterocycles. The summed E-state index contributed by atoms with van der Waals surface area (Å²) in [5.74, 6) is -0.298. The van der Waals surface area contributed by atoms with Crippen molar-refractivity contribution < 1.29 is 14.3 Å². The van der Waals surface area contributed by atoms with Gasteiger partial charge in [0, 0.05) is 23.0 Å². The van der Waals surface area contributed by atoms with Gasteiger partial charge in [-0.3, -0.25) is 4.79 Å². The zero-order valence-corrected chi connectivity index (χ0v) is 16.2. The summed E-state index contributed by atoms with van der Waals surface area (Å²) in [6.45, 7) is 0.698. The molecule has 28 heavy (non-hydrogen) atoms. The third-order valence-electron chi connectivity index (χ3n) is 4.88. The Morgan fingerprint density at radius 2 is 1.79 bits per heavy atom. The van der Waals surface area contributed by atoms with Crippen molar-refractivity contribution in [3.05, 3.63) is 63.6 Å². The molecule has 2 aliphatic heterocycles. The monoisotopic (exact) mass is 415 g/mol. The van der Waals surface area contributed by atoms with Gasteiger partial charge in [0.1, 0.15) is 6.04 Å². The average Bonchev–Trinajstić information content (AvgIpc) is 3.19. The summed E-state index contributed by atoms with van der Waals surface area (Å²) < 4.78 is 5.88. The van der Waals surface area contributed by atoms with Crippen molar-refractivity contribution in [2.45, 2.75) is 25.2 Å². The van der Waals surface area contributed by atoms with Gasteiger partial charge in [0.05, 0.1) is 30.0 Å². The molecule has 2 atom stereocenters. The number of carbonyl (C=O) groups is 2. The van der Waals surface area contributed by atoms with E-state index in [0.717, 1.165) is 10.5 Å². The zero-order valence-electron chi connectivity index (χ0n) is 14.6. The number of rotatable bonds is 4. The third-order valence-corrected chi connectivity index (χ3v) is 5.32. The van der Waals surface area contributed by atoms with Gasteiger partial charge >= 0.3 is 6.03 Å². The van der Waals surface area contributed by atoms with E-state index in [4.69, 9.17) is 33.2 Å². The first kappa shape index (κ1) is 18.8. The number of benzene rings is 2. The molecule has 2 saturated heterocycles. The van der Waals surface area contributed by atoms with E-state index < -0.39 is 12.1 Å². The number of hydrogen-bond acceptors (Lipinski definition) is 4. The van der Waals surface area contributed by atoms with Crippen LogP contribution in [0.4, 0.5) is 10.5 Å². The fourth-order valence-electron chi connectivity index (χ4n) is 3.53. The topological polar surface area (TPSA) is 73.6 Å². The van der Waals surface area contributed by atoms with E-state index in [-0.39, 0.29) is 12.0 Å². The second-order valence-electron chi connectivity index (χ2n) is 6.73. The molecule has 0 radical (unpaired) electrons. The molecular formula is C20H15Cl2N3O3. The molecule has 8 heteroatoms. The number of anilines is 1. The highest BCUT2D eigenvalue weighted by atomic mass is 35.5. The zero-order chi connectivity index (χ0) is 19.8. The van der Waals surface area contributed by atoms with Crippen molar-refractivity contribution in [1.29, 1.82) is 5.26 Å². The first-order valence-electron chi connectivity index (χ1n) is 8.67. The molecule has 0 unspecified atom stereocenters. The molecule has 2 aromatic rings. The Labute approximate surface area is 171 Å². The maximum atomic E-state index is 12.8. The third kappa shape index (κ3) is 3.45. The molecule has 3 amide bonds. The van der Waals surface area contributed by atoms with Gasteiger partial charge in [-0.15, -0.1) is 0 Å². The van der Waals surface area contributed by atoms with E-state index in [9.17, 15) is 9.59 Å². The molecule has 4 rings (SSSR count). The molecule has 0 spiro atoms. The minimum absolute atomic E-state index is 0.223. The quantitative estimate of drug-likeness (QED) is 0.707. The van der Waals surface area contributed by atoms with E-state index >= 15 is 0 Å². The highest BCUT2D eigenvalue weighted by molar-refractivity contribution is 6.35. The number of imide groups is 1. The van der Waals surface area contributed by atoms with E-state index in [1.54, 1.807) is 30.3 Å². The highest BCUT2D eigenvalue weighted by Crippen LogP contribution is 2.35. The Morgan fingerprint density at radius 3 is 2.39 bits per heavy atom. The molecular weight excluding hydrogens is 401 g/mol. The summed E-state index contributed by atoms with van der Waals surface area (Å²) in [4.78, 5) is 28.2. The summed E-state index contributed by atoms with van der Waals surface area (Å²) in [5.41, 5.74) is 1.89. The summed E-state index contributed by atoms with van der Waals surface area (Å²) in [6, 6.07) is 12.9. The van der Waals surface area contributed by atoms with Crippen molar-refractivity contribution in [3.8, 4) is 6.07 Å². The summed E-state index contributed by atoms with van der Waals surface area (Å²) in [5, 5.41) is 9.56. The van der Waals surface area contributed by atoms with Crippen molar-refractivity contribution in [1.82, 2.24) is 4.90 Å². The molecule has 0 aromatic heterocycles. The van der Waals surface area contributed by atoms with E-state index in [1.165, 1.54) is 4.90 Å². The van der Waals surface area contributed by atoms with Gasteiger partial charge in [0.25, 0.3) is 5.91 Å². The van der Waals surface area contributed by atoms with Crippen LogP contribution in [-0.2, 0) is 16.1 Å². The Morgan fingerprint density at radius 1 is 1.11 bits per heavy atom. The average molecular weight is 416 g/mol. The minimum Gasteiger partial charge on any atom is -0.372 e. The SMILES string of the molecule is N#Cc1ccc(CO[C@H]2C[C@H]3C(=O)N(c4cc(Cl)cc(Cl)c4)C(=O)N3C2)cc1. The van der Waals surface area contributed by atoms with Crippen LogP contribution in [0, 0.1) is 11.3 Å². The van der Waals surface area contributed by atoms with E-state index in [1.807, 2.05) is 12.1 Å². The molecule has 142 valence electrons. The molecule has 2 fully saturated rings. The number of urea groups is 1. The van der Waals surface area contributed by atoms with Crippen molar-refractivity contribution in [2.24, 2.45) is 0 Å². The van der Waals surface area contributed by atoms with Crippen LogP contribution in [-0.4, -0.2) is 35.5 Å². The Bertz CT molecular complexity index is 943. The number of carbonyl (C=O) groups excluding carboxylic acids is 2. The van der Waals surface area contributed by atoms with Crippen LogP contribution in [0.5, 0.6) is 0 Å². The van der Waals surface area contributed by atoms with Gasteiger partial charge < -0.3 is 9.64 Å². The number of halogens is 2. The number of fused-ring (bicyclic) bond motifs is 1. The predicted molar refractivity (Wildman–Crippen MR) is 104 cm³/mol. The smallest absolute Gasteiger partial charge is 0.332 e. The summed E-state index contributed by atoms with van der Waals surface area (Å²) in [6.07, 6.45) is 0.213. The molecule has 2 aromatic carbocycles. The number of nitrogens with zero attached hydrogens (tertiary/aromatic N) is 3. The fraction of sp³-hybridized carbons (Fsp3) is 0.250. The molecule has 2 aliphatic rings. The number of nitriles is 1. The van der Waals surface area contributed by atoms with Crippen molar-refractivity contribution in [3.63, 3.8) is 0 Å². The summed E-state index contributed by atoms with van der Waals surface area (Å²) >= 11 is 12.0. The molecule has 0 saturated carbocycles. The van der Waals surface area contributed by atoms with Gasteiger partial charge in [0.2, 0.25) is 0 Å². The van der Waals surface area contributed by atoms with Gasteiger partial charge in [-0.2, -0.15) is 5.26 Å². The normalized spacial score (nSPS) is 21.2. The lowest BCUT2D eigenvalue weighted by Crippen LogP contribution is -2.35. The maximum Gasteiger partial charge on any atom is 0.332 e. The second-order valence-corrected chi connectivity index (χ2v) is 7.60. The highest BCUT2D eigenvalue weighted by Gasteiger charge is 2.51. The van der Waals surface area contributed by atoms with Gasteiger partial charge in [-0.25, -0.2) is 9.69 Å². The molecule has 6 nitrogen and oxygen atoms in total. The van der Waals surface area contributed by atoms with Crippen LogP contribution in [0.15, 0.2) is 42.5 Å². The van der Waals surface area contributed by atoms with E-state index in [2.05, 4.69) is 6.07 Å². The fourth-order valence-corrected chi connectivity index (χ4v) is 4.05. The van der Waals surface area contributed by atoms with Crippen molar-refractivity contribution in [2.75, 3.05) is 11.4 Å². The first-order valence-corrected chi connectivity index (χ1v) is 9.43. The van der Waals surface area contributed by atoms with Crippen LogP contribution >= 0.6 is 23.2 Å². The lowest BCUT2D eigenvalue weighted by atomic mass is 10.1. The van der Waals surface area contributed by atoms with Crippen LogP contribution < -0.4 is 4.90 Å². The predicted octanol–water partition coefficient (Wildman–Crippen LogP) is 3.99. The Hall–Kier alpha value is -2.59. The Kier molecular flexibility index (Phi) is 4.98. The van der Waals surface area contributed by atoms with Crippen molar-refractivity contribution >= 4 is 40.8 Å². The lowest BCUT2D eigenvalue weighted by Gasteiger charge is -2.18. The maximum absolute atomic E-state index is 12.8. The molecule has 0 N–H and O–H groups in total. The number of amides is 3. The van der Waals surface area contributed by atoms with Gasteiger partial charge in [-0.05, 0) is 35.9 Å². The van der Waals surface area contributed by atoms with Crippen LogP contribution in [0.1, 0.15) is 17.5 Å². The second kappa shape index (κ2) is 7.44. The lowest BCUT2D eigenvalue weighted by molar-refractivity contribution is -0.119. The largest absolute Gasteiger partial charge is 0.372 e. The van der Waals surface area contributed by atoms with Crippen LogP contribution in [0.25, 0.3) is 0 Å². The van der Waals surface area contributed by atoms with E-state index in [0.29, 0.717) is 40.9 Å². The molecule has 0 bridgehead atoms. The van der Waals surface area contributed by atoms with Crippen LogP contribution in [0.2, 0.25) is 10.0 Å². The standard InChI is InChI=1S/C20H15Cl2N3O3/c21-14-5-15(22)7-16(6-14)25-19(26)18-8-17(10-24(18)20(25)27)28-11-13-3-1-12(9-23)2-4-13/h1-7,17-18H,8,10-11H2/t17-,18-/m0/s1. The van der Waals surface area contributed by atoms with Gasteiger partial charge in [0.15, 0.2) is 0 Å².